The van der Waals surface area contributed by atoms with Crippen molar-refractivity contribution >= 4 is 17.7 Å². The van der Waals surface area contributed by atoms with E-state index in [2.05, 4.69) is 43.4 Å². The van der Waals surface area contributed by atoms with Gasteiger partial charge >= 0.3 is 0 Å². The number of carbonyl (C=O) groups excluding carboxylic acids is 1. The third kappa shape index (κ3) is 5.26. The molecule has 3 heteroatoms. The number of unbranched alkanes of at least 4 members (excludes halogenated alkanes) is 1. The van der Waals surface area contributed by atoms with Gasteiger partial charge in [-0.2, -0.15) is 0 Å². The minimum absolute atomic E-state index is 0.0328. The first-order valence-corrected chi connectivity index (χ1v) is 7.02. The average molecular weight is 251 g/mol. The van der Waals surface area contributed by atoms with Crippen LogP contribution in [0.5, 0.6) is 0 Å². The highest BCUT2D eigenvalue weighted by Crippen LogP contribution is 2.23. The second-order valence-electron chi connectivity index (χ2n) is 4.22. The molecule has 1 unspecified atom stereocenters. The molecule has 1 rings (SSSR count). The van der Waals surface area contributed by atoms with Crippen LogP contribution in [0.15, 0.2) is 29.2 Å². The fourth-order valence-electron chi connectivity index (χ4n) is 1.41. The topological polar surface area (TPSA) is 29.1 Å². The van der Waals surface area contributed by atoms with Crippen LogP contribution in [0.2, 0.25) is 0 Å². The second kappa shape index (κ2) is 7.38. The molecule has 1 N–H and O–H groups in total. The molecule has 0 aliphatic heterocycles. The Hall–Kier alpha value is -0.960. The number of amides is 1. The molecule has 0 aliphatic carbocycles. The summed E-state index contributed by atoms with van der Waals surface area (Å²) in [6.07, 6.45) is 2.16. The Morgan fingerprint density at radius 1 is 1.35 bits per heavy atom. The first-order valence-electron chi connectivity index (χ1n) is 6.14. The molecule has 1 atom stereocenters. The van der Waals surface area contributed by atoms with Gasteiger partial charge in [-0.15, -0.1) is 11.8 Å². The molecule has 2 nitrogen and oxygen atoms in total. The number of aryl methyl sites for hydroxylation is 1. The molecule has 0 radical (unpaired) electrons. The summed E-state index contributed by atoms with van der Waals surface area (Å²) in [5.74, 6) is 0.129. The highest BCUT2D eigenvalue weighted by molar-refractivity contribution is 8.00. The zero-order valence-corrected chi connectivity index (χ0v) is 11.6. The van der Waals surface area contributed by atoms with Gasteiger partial charge in [0, 0.05) is 11.4 Å². The number of hydrogen-bond acceptors (Lipinski definition) is 2. The van der Waals surface area contributed by atoms with Crippen molar-refractivity contribution in [2.45, 2.75) is 43.8 Å². The van der Waals surface area contributed by atoms with E-state index in [0.717, 1.165) is 24.3 Å². The van der Waals surface area contributed by atoms with E-state index in [0.29, 0.717) is 0 Å². The van der Waals surface area contributed by atoms with E-state index in [-0.39, 0.29) is 11.2 Å². The van der Waals surface area contributed by atoms with E-state index >= 15 is 0 Å². The van der Waals surface area contributed by atoms with Crippen LogP contribution in [-0.4, -0.2) is 17.7 Å². The van der Waals surface area contributed by atoms with Crippen LogP contribution in [0.4, 0.5) is 0 Å². The Kier molecular flexibility index (Phi) is 6.12. The van der Waals surface area contributed by atoms with E-state index in [1.165, 1.54) is 5.56 Å². The Morgan fingerprint density at radius 3 is 2.59 bits per heavy atom. The standard InChI is InChI=1S/C14H21NOS/c1-4-5-10-15-14(16)12(3)17-13-8-6-11(2)7-9-13/h6-9,12H,4-5,10H2,1-3H3,(H,15,16). The van der Waals surface area contributed by atoms with Crippen molar-refractivity contribution in [2.24, 2.45) is 0 Å². The molecule has 0 heterocycles. The summed E-state index contributed by atoms with van der Waals surface area (Å²) in [5, 5.41) is 2.92. The quantitative estimate of drug-likeness (QED) is 0.620. The lowest BCUT2D eigenvalue weighted by atomic mass is 10.2. The maximum atomic E-state index is 11.8. The van der Waals surface area contributed by atoms with Crippen LogP contribution in [0.3, 0.4) is 0 Å². The maximum absolute atomic E-state index is 11.8. The number of thioether (sulfide) groups is 1. The lowest BCUT2D eigenvalue weighted by Gasteiger charge is -2.11. The third-order valence-corrected chi connectivity index (χ3v) is 3.64. The largest absolute Gasteiger partial charge is 0.355 e. The Labute approximate surface area is 108 Å². The van der Waals surface area contributed by atoms with Crippen molar-refractivity contribution in [3.05, 3.63) is 29.8 Å². The van der Waals surface area contributed by atoms with Gasteiger partial charge in [0.1, 0.15) is 0 Å². The SMILES string of the molecule is CCCCNC(=O)C(C)Sc1ccc(C)cc1. The summed E-state index contributed by atoms with van der Waals surface area (Å²) in [6.45, 7) is 6.92. The number of rotatable bonds is 6. The van der Waals surface area contributed by atoms with Gasteiger partial charge in [-0.05, 0) is 32.4 Å². The molecule has 0 spiro atoms. The molecule has 0 aromatic heterocycles. The van der Waals surface area contributed by atoms with Crippen LogP contribution in [0, 0.1) is 6.92 Å². The van der Waals surface area contributed by atoms with E-state index in [9.17, 15) is 4.79 Å². The summed E-state index contributed by atoms with van der Waals surface area (Å²) in [7, 11) is 0. The van der Waals surface area contributed by atoms with Crippen LogP contribution in [0.1, 0.15) is 32.3 Å². The molecule has 94 valence electrons. The Balaban J connectivity index is 2.40. The molecular formula is C14H21NOS. The van der Waals surface area contributed by atoms with Gasteiger partial charge in [-0.1, -0.05) is 31.0 Å². The number of benzene rings is 1. The molecule has 1 aromatic carbocycles. The molecule has 0 fully saturated rings. The van der Waals surface area contributed by atoms with Crippen molar-refractivity contribution < 1.29 is 4.79 Å². The molecule has 0 aliphatic rings. The van der Waals surface area contributed by atoms with Crippen LogP contribution < -0.4 is 5.32 Å². The number of carbonyl (C=O) groups is 1. The summed E-state index contributed by atoms with van der Waals surface area (Å²) in [4.78, 5) is 12.9. The van der Waals surface area contributed by atoms with Gasteiger partial charge in [-0.25, -0.2) is 0 Å². The number of hydrogen-bond donors (Lipinski definition) is 1. The van der Waals surface area contributed by atoms with Gasteiger partial charge in [0.25, 0.3) is 0 Å². The van der Waals surface area contributed by atoms with E-state index in [1.54, 1.807) is 11.8 Å². The third-order valence-electron chi connectivity index (χ3n) is 2.53. The van der Waals surface area contributed by atoms with E-state index in [1.807, 2.05) is 6.92 Å². The second-order valence-corrected chi connectivity index (χ2v) is 5.63. The smallest absolute Gasteiger partial charge is 0.233 e. The van der Waals surface area contributed by atoms with Gasteiger partial charge in [-0.3, -0.25) is 4.79 Å². The van der Waals surface area contributed by atoms with Crippen LogP contribution in [-0.2, 0) is 4.79 Å². The summed E-state index contributed by atoms with van der Waals surface area (Å²) in [6, 6.07) is 8.28. The van der Waals surface area contributed by atoms with Crippen molar-refractivity contribution in [1.82, 2.24) is 5.32 Å². The van der Waals surface area contributed by atoms with E-state index in [4.69, 9.17) is 0 Å². The van der Waals surface area contributed by atoms with Gasteiger partial charge < -0.3 is 5.32 Å². The summed E-state index contributed by atoms with van der Waals surface area (Å²) < 4.78 is 0. The Bertz CT molecular complexity index is 348. The first-order chi connectivity index (χ1) is 8.13. The van der Waals surface area contributed by atoms with Crippen LogP contribution >= 0.6 is 11.8 Å². The lowest BCUT2D eigenvalue weighted by molar-refractivity contribution is -0.120. The zero-order valence-electron chi connectivity index (χ0n) is 10.8. The normalized spacial score (nSPS) is 12.2. The van der Waals surface area contributed by atoms with Crippen molar-refractivity contribution in [3.63, 3.8) is 0 Å². The van der Waals surface area contributed by atoms with Crippen molar-refractivity contribution in [3.8, 4) is 0 Å². The predicted octanol–water partition coefficient (Wildman–Crippen LogP) is 3.39. The molecule has 17 heavy (non-hydrogen) atoms. The number of nitrogens with one attached hydrogen (secondary N) is 1. The van der Waals surface area contributed by atoms with Gasteiger partial charge in [0.2, 0.25) is 5.91 Å². The van der Waals surface area contributed by atoms with Crippen molar-refractivity contribution in [1.29, 1.82) is 0 Å². The van der Waals surface area contributed by atoms with Gasteiger partial charge in [0.05, 0.1) is 5.25 Å². The maximum Gasteiger partial charge on any atom is 0.233 e. The molecule has 0 saturated heterocycles. The fraction of sp³-hybridized carbons (Fsp3) is 0.500. The average Bonchev–Trinajstić information content (AvgIpc) is 2.32. The van der Waals surface area contributed by atoms with Gasteiger partial charge in [0.15, 0.2) is 0 Å². The summed E-state index contributed by atoms with van der Waals surface area (Å²) in [5.41, 5.74) is 1.24. The highest BCUT2D eigenvalue weighted by Gasteiger charge is 2.13. The van der Waals surface area contributed by atoms with E-state index < -0.39 is 0 Å². The monoisotopic (exact) mass is 251 g/mol. The van der Waals surface area contributed by atoms with Crippen LogP contribution in [0.25, 0.3) is 0 Å². The van der Waals surface area contributed by atoms with Crippen molar-refractivity contribution in [2.75, 3.05) is 6.54 Å². The fourth-order valence-corrected chi connectivity index (χ4v) is 2.30. The highest BCUT2D eigenvalue weighted by atomic mass is 32.2. The molecule has 0 saturated carbocycles. The molecule has 1 aromatic rings. The molecular weight excluding hydrogens is 230 g/mol. The molecule has 0 bridgehead atoms. The zero-order chi connectivity index (χ0) is 12.7. The summed E-state index contributed by atoms with van der Waals surface area (Å²) >= 11 is 1.61. The Morgan fingerprint density at radius 2 is 2.00 bits per heavy atom. The predicted molar refractivity (Wildman–Crippen MR) is 74.4 cm³/mol. The minimum Gasteiger partial charge on any atom is -0.355 e. The first kappa shape index (κ1) is 14.1. The molecule has 1 amide bonds. The lowest BCUT2D eigenvalue weighted by Crippen LogP contribution is -2.31. The minimum atomic E-state index is -0.0328.